The second-order valence-corrected chi connectivity index (χ2v) is 3.54. The van der Waals surface area contributed by atoms with E-state index in [1.165, 1.54) is 6.92 Å². The number of hydrogen-bond acceptors (Lipinski definition) is 3. The average Bonchev–Trinajstić information content (AvgIpc) is 2.23. The molecule has 2 amide bonds. The zero-order chi connectivity index (χ0) is 14.2. The van der Waals surface area contributed by atoms with Crippen LogP contribution in [0.3, 0.4) is 0 Å². The highest BCUT2D eigenvalue weighted by atomic mass is 19.4. The van der Waals surface area contributed by atoms with Crippen LogP contribution in [-0.4, -0.2) is 49.6 Å². The fourth-order valence-electron chi connectivity index (χ4n) is 0.820. The lowest BCUT2D eigenvalue weighted by Crippen LogP contribution is -2.40. The lowest BCUT2D eigenvalue weighted by atomic mass is 10.2. The number of nitrogens with one attached hydrogen (secondary N) is 2. The number of carbonyl (C=O) groups excluding carboxylic acids is 1. The molecule has 0 aromatic rings. The minimum absolute atomic E-state index is 0.0649. The van der Waals surface area contributed by atoms with Crippen LogP contribution in [0.25, 0.3) is 0 Å². The Morgan fingerprint density at radius 3 is 2.44 bits per heavy atom. The molecular formula is C9H15F3N2O4. The Balaban J connectivity index is 3.52. The zero-order valence-corrected chi connectivity index (χ0v) is 9.71. The lowest BCUT2D eigenvalue weighted by Gasteiger charge is -2.10. The first-order valence-electron chi connectivity index (χ1n) is 5.11. The SMILES string of the molecule is CC(CNC(=O)NCCOCC(F)(F)F)C(=O)O. The van der Waals surface area contributed by atoms with Crippen LogP contribution in [-0.2, 0) is 9.53 Å². The molecule has 0 spiro atoms. The van der Waals surface area contributed by atoms with E-state index in [2.05, 4.69) is 15.4 Å². The number of carboxylic acids is 1. The molecule has 0 fully saturated rings. The van der Waals surface area contributed by atoms with Gasteiger partial charge in [-0.3, -0.25) is 4.79 Å². The Morgan fingerprint density at radius 1 is 1.33 bits per heavy atom. The number of carbonyl (C=O) groups is 2. The molecule has 1 atom stereocenters. The van der Waals surface area contributed by atoms with Crippen molar-refractivity contribution in [1.29, 1.82) is 0 Å². The van der Waals surface area contributed by atoms with Gasteiger partial charge in [-0.2, -0.15) is 13.2 Å². The van der Waals surface area contributed by atoms with Crippen molar-refractivity contribution in [3.05, 3.63) is 0 Å². The van der Waals surface area contributed by atoms with Crippen molar-refractivity contribution in [3.63, 3.8) is 0 Å². The average molecular weight is 272 g/mol. The molecule has 0 rings (SSSR count). The van der Waals surface area contributed by atoms with Gasteiger partial charge in [0, 0.05) is 13.1 Å². The van der Waals surface area contributed by atoms with Crippen LogP contribution in [0.2, 0.25) is 0 Å². The number of alkyl halides is 3. The van der Waals surface area contributed by atoms with Crippen LogP contribution in [0.5, 0.6) is 0 Å². The summed E-state index contributed by atoms with van der Waals surface area (Å²) in [5.74, 6) is -1.79. The maximum atomic E-state index is 11.6. The van der Waals surface area contributed by atoms with E-state index in [9.17, 15) is 22.8 Å². The molecule has 0 saturated heterocycles. The number of amides is 2. The molecule has 0 bridgehead atoms. The van der Waals surface area contributed by atoms with Gasteiger partial charge < -0.3 is 20.5 Å². The van der Waals surface area contributed by atoms with Gasteiger partial charge in [0.05, 0.1) is 12.5 Å². The van der Waals surface area contributed by atoms with Crippen LogP contribution in [0, 0.1) is 5.92 Å². The van der Waals surface area contributed by atoms with Crippen molar-refractivity contribution >= 4 is 12.0 Å². The molecule has 0 heterocycles. The number of hydrogen-bond donors (Lipinski definition) is 3. The highest BCUT2D eigenvalue weighted by Crippen LogP contribution is 2.13. The van der Waals surface area contributed by atoms with Gasteiger partial charge in [-0.25, -0.2) is 4.79 Å². The smallest absolute Gasteiger partial charge is 0.411 e. The summed E-state index contributed by atoms with van der Waals surface area (Å²) in [5.41, 5.74) is 0. The van der Waals surface area contributed by atoms with E-state index in [0.717, 1.165) is 0 Å². The van der Waals surface area contributed by atoms with Gasteiger partial charge >= 0.3 is 18.2 Å². The van der Waals surface area contributed by atoms with Gasteiger partial charge in [-0.05, 0) is 0 Å². The van der Waals surface area contributed by atoms with E-state index in [1.54, 1.807) is 0 Å². The normalized spacial score (nSPS) is 12.9. The third kappa shape index (κ3) is 9.70. The number of ether oxygens (including phenoxy) is 1. The number of urea groups is 1. The summed E-state index contributed by atoms with van der Waals surface area (Å²) in [6.45, 7) is -0.392. The van der Waals surface area contributed by atoms with Crippen LogP contribution in [0.4, 0.5) is 18.0 Å². The largest absolute Gasteiger partial charge is 0.481 e. The first-order chi connectivity index (χ1) is 8.22. The summed E-state index contributed by atoms with van der Waals surface area (Å²) in [6, 6.07) is -0.654. The highest BCUT2D eigenvalue weighted by molar-refractivity contribution is 5.75. The van der Waals surface area contributed by atoms with Gasteiger partial charge in [-0.1, -0.05) is 6.92 Å². The molecule has 9 heteroatoms. The molecule has 1 unspecified atom stereocenters. The zero-order valence-electron chi connectivity index (χ0n) is 9.71. The Labute approximate surface area is 101 Å². The molecule has 3 N–H and O–H groups in total. The minimum atomic E-state index is -4.39. The van der Waals surface area contributed by atoms with Crippen molar-refractivity contribution < 1.29 is 32.6 Å². The van der Waals surface area contributed by atoms with E-state index in [0.29, 0.717) is 0 Å². The van der Waals surface area contributed by atoms with E-state index in [-0.39, 0.29) is 19.7 Å². The third-order valence-corrected chi connectivity index (χ3v) is 1.79. The Morgan fingerprint density at radius 2 is 1.94 bits per heavy atom. The molecule has 0 saturated carbocycles. The minimum Gasteiger partial charge on any atom is -0.481 e. The second-order valence-electron chi connectivity index (χ2n) is 3.54. The summed E-state index contributed by atoms with van der Waals surface area (Å²) in [4.78, 5) is 21.4. The maximum Gasteiger partial charge on any atom is 0.411 e. The van der Waals surface area contributed by atoms with Crippen molar-refractivity contribution in [2.24, 2.45) is 5.92 Å². The molecular weight excluding hydrogens is 257 g/mol. The van der Waals surface area contributed by atoms with Crippen molar-refractivity contribution in [2.75, 3.05) is 26.3 Å². The molecule has 0 aliphatic rings. The number of rotatable bonds is 7. The highest BCUT2D eigenvalue weighted by Gasteiger charge is 2.27. The van der Waals surface area contributed by atoms with Gasteiger partial charge in [-0.15, -0.1) is 0 Å². The second kappa shape index (κ2) is 7.75. The first-order valence-corrected chi connectivity index (χ1v) is 5.11. The summed E-state index contributed by atoms with van der Waals surface area (Å²) in [6.07, 6.45) is -4.39. The molecule has 106 valence electrons. The summed E-state index contributed by atoms with van der Waals surface area (Å²) >= 11 is 0. The molecule has 6 nitrogen and oxygen atoms in total. The Kier molecular flexibility index (Phi) is 7.10. The van der Waals surface area contributed by atoms with Gasteiger partial charge in [0.1, 0.15) is 6.61 Å². The fourth-order valence-corrected chi connectivity index (χ4v) is 0.820. The van der Waals surface area contributed by atoms with E-state index in [1.807, 2.05) is 0 Å². The van der Waals surface area contributed by atoms with Crippen LogP contribution in [0.15, 0.2) is 0 Å². The van der Waals surface area contributed by atoms with E-state index < -0.39 is 30.7 Å². The van der Waals surface area contributed by atoms with Crippen LogP contribution in [0.1, 0.15) is 6.92 Å². The van der Waals surface area contributed by atoms with Crippen LogP contribution >= 0.6 is 0 Å². The van der Waals surface area contributed by atoms with Gasteiger partial charge in [0.25, 0.3) is 0 Å². The van der Waals surface area contributed by atoms with Crippen molar-refractivity contribution in [1.82, 2.24) is 10.6 Å². The molecule has 0 aromatic carbocycles. The Hall–Kier alpha value is -1.51. The predicted octanol–water partition coefficient (Wildman–Crippen LogP) is 0.585. The quantitative estimate of drug-likeness (QED) is 0.592. The predicted molar refractivity (Wildman–Crippen MR) is 55.1 cm³/mol. The van der Waals surface area contributed by atoms with Gasteiger partial charge in [0.15, 0.2) is 0 Å². The first kappa shape index (κ1) is 16.5. The maximum absolute atomic E-state index is 11.6. The molecule has 0 aliphatic heterocycles. The molecule has 0 radical (unpaired) electrons. The number of halogens is 3. The lowest BCUT2D eigenvalue weighted by molar-refractivity contribution is -0.173. The summed E-state index contributed by atoms with van der Waals surface area (Å²) in [7, 11) is 0. The topological polar surface area (TPSA) is 87.7 Å². The molecule has 0 aliphatic carbocycles. The number of aliphatic carboxylic acids is 1. The number of carboxylic acid groups (broad SMARTS) is 1. The standard InChI is InChI=1S/C9H15F3N2O4/c1-6(7(15)16)4-14-8(17)13-2-3-18-5-9(10,11)12/h6H,2-5H2,1H3,(H,15,16)(H2,13,14,17). The Bertz CT molecular complexity index is 283. The van der Waals surface area contributed by atoms with Crippen molar-refractivity contribution in [3.8, 4) is 0 Å². The monoisotopic (exact) mass is 272 g/mol. The van der Waals surface area contributed by atoms with Gasteiger partial charge in [0.2, 0.25) is 0 Å². The summed E-state index contributed by atoms with van der Waals surface area (Å²) in [5, 5.41) is 13.0. The van der Waals surface area contributed by atoms with E-state index >= 15 is 0 Å². The van der Waals surface area contributed by atoms with Crippen LogP contribution < -0.4 is 10.6 Å². The molecule has 18 heavy (non-hydrogen) atoms. The molecule has 0 aromatic heterocycles. The van der Waals surface area contributed by atoms with Crippen molar-refractivity contribution in [2.45, 2.75) is 13.1 Å². The van der Waals surface area contributed by atoms with E-state index in [4.69, 9.17) is 5.11 Å². The summed E-state index contributed by atoms with van der Waals surface area (Å²) < 4.78 is 39.2. The third-order valence-electron chi connectivity index (χ3n) is 1.79. The fraction of sp³-hybridized carbons (Fsp3) is 0.778.